The van der Waals surface area contributed by atoms with Crippen molar-refractivity contribution in [2.24, 2.45) is 11.1 Å². The van der Waals surface area contributed by atoms with Gasteiger partial charge in [0, 0.05) is 24.8 Å². The average Bonchev–Trinajstić information content (AvgIpc) is 2.94. The molecule has 1 aromatic carbocycles. The average molecular weight is 309 g/mol. The molecule has 0 aliphatic rings. The largest absolute Gasteiger partial charge is 0.351 e. The molecule has 114 valence electrons. The highest BCUT2D eigenvalue weighted by atomic mass is 35.5. The van der Waals surface area contributed by atoms with Crippen LogP contribution in [0.25, 0.3) is 5.69 Å². The first kappa shape index (κ1) is 17.2. The van der Waals surface area contributed by atoms with E-state index in [4.69, 9.17) is 5.73 Å². The number of nitrogens with one attached hydrogen (secondary N) is 1. The van der Waals surface area contributed by atoms with Gasteiger partial charge in [-0.25, -0.2) is 4.68 Å². The maximum atomic E-state index is 11.9. The Bertz CT molecular complexity index is 580. The van der Waals surface area contributed by atoms with E-state index in [-0.39, 0.29) is 18.3 Å². The van der Waals surface area contributed by atoms with Crippen molar-refractivity contribution in [1.82, 2.24) is 15.1 Å². The van der Waals surface area contributed by atoms with Gasteiger partial charge < -0.3 is 11.1 Å². The summed E-state index contributed by atoms with van der Waals surface area (Å²) in [6.45, 7) is 4.43. The van der Waals surface area contributed by atoms with E-state index >= 15 is 0 Å². The highest BCUT2D eigenvalue weighted by molar-refractivity contribution is 5.85. The van der Waals surface area contributed by atoms with Crippen molar-refractivity contribution in [1.29, 1.82) is 0 Å². The van der Waals surface area contributed by atoms with Gasteiger partial charge >= 0.3 is 0 Å². The number of para-hydroxylation sites is 1. The zero-order chi connectivity index (χ0) is 14.6. The number of amides is 1. The SMILES string of the molecule is CC(C)(CN)C(=O)NCc1cnn(-c2ccccc2)c1.Cl. The van der Waals surface area contributed by atoms with Crippen molar-refractivity contribution in [3.63, 3.8) is 0 Å². The van der Waals surface area contributed by atoms with Crippen LogP contribution in [0.2, 0.25) is 0 Å². The summed E-state index contributed by atoms with van der Waals surface area (Å²) in [6, 6.07) is 9.84. The first-order valence-electron chi connectivity index (χ1n) is 6.60. The Labute approximate surface area is 130 Å². The lowest BCUT2D eigenvalue weighted by Gasteiger charge is -2.20. The van der Waals surface area contributed by atoms with E-state index in [0.29, 0.717) is 13.1 Å². The second-order valence-corrected chi connectivity index (χ2v) is 5.40. The Morgan fingerprint density at radius 2 is 2.00 bits per heavy atom. The molecule has 2 aromatic rings. The molecule has 0 radical (unpaired) electrons. The fraction of sp³-hybridized carbons (Fsp3) is 0.333. The molecule has 0 spiro atoms. The van der Waals surface area contributed by atoms with E-state index in [1.807, 2.05) is 50.4 Å². The summed E-state index contributed by atoms with van der Waals surface area (Å²) in [7, 11) is 0. The summed E-state index contributed by atoms with van der Waals surface area (Å²) < 4.78 is 1.79. The van der Waals surface area contributed by atoms with Gasteiger partial charge in [0.2, 0.25) is 5.91 Å². The van der Waals surface area contributed by atoms with E-state index < -0.39 is 5.41 Å². The minimum Gasteiger partial charge on any atom is -0.351 e. The van der Waals surface area contributed by atoms with Gasteiger partial charge in [-0.05, 0) is 26.0 Å². The molecule has 0 aliphatic carbocycles. The maximum absolute atomic E-state index is 11.9. The van der Waals surface area contributed by atoms with Crippen molar-refractivity contribution in [3.05, 3.63) is 48.3 Å². The van der Waals surface area contributed by atoms with E-state index in [9.17, 15) is 4.79 Å². The molecule has 1 amide bonds. The number of hydrogen-bond donors (Lipinski definition) is 2. The van der Waals surface area contributed by atoms with Gasteiger partial charge in [-0.2, -0.15) is 5.10 Å². The van der Waals surface area contributed by atoms with Gasteiger partial charge in [0.15, 0.2) is 0 Å². The molecule has 0 bridgehead atoms. The van der Waals surface area contributed by atoms with Crippen molar-refractivity contribution < 1.29 is 4.79 Å². The minimum atomic E-state index is -0.546. The summed E-state index contributed by atoms with van der Waals surface area (Å²) in [5, 5.41) is 7.17. The van der Waals surface area contributed by atoms with Crippen molar-refractivity contribution in [3.8, 4) is 5.69 Å². The molecular formula is C15H21ClN4O. The fourth-order valence-electron chi connectivity index (χ4n) is 1.69. The number of nitrogens with two attached hydrogens (primary N) is 1. The standard InChI is InChI=1S/C15H20N4O.ClH/c1-15(2,11-16)14(20)17-8-12-9-18-19(10-12)13-6-4-3-5-7-13;/h3-7,9-10H,8,11,16H2,1-2H3,(H,17,20);1H. The predicted molar refractivity (Wildman–Crippen MR) is 85.5 cm³/mol. The van der Waals surface area contributed by atoms with E-state index in [0.717, 1.165) is 11.3 Å². The highest BCUT2D eigenvalue weighted by Crippen LogP contribution is 2.13. The zero-order valence-electron chi connectivity index (χ0n) is 12.2. The molecule has 21 heavy (non-hydrogen) atoms. The van der Waals surface area contributed by atoms with Gasteiger partial charge in [0.1, 0.15) is 0 Å². The second-order valence-electron chi connectivity index (χ2n) is 5.40. The molecule has 6 heteroatoms. The van der Waals surface area contributed by atoms with Crippen LogP contribution in [-0.2, 0) is 11.3 Å². The third-order valence-corrected chi connectivity index (χ3v) is 3.23. The number of carbonyl (C=O) groups excluding carboxylic acids is 1. The monoisotopic (exact) mass is 308 g/mol. The van der Waals surface area contributed by atoms with Gasteiger partial charge in [-0.15, -0.1) is 12.4 Å². The first-order valence-corrected chi connectivity index (χ1v) is 6.60. The van der Waals surface area contributed by atoms with E-state index in [1.54, 1.807) is 10.9 Å². The molecular weight excluding hydrogens is 288 g/mol. The van der Waals surface area contributed by atoms with Crippen LogP contribution in [0.4, 0.5) is 0 Å². The fourth-order valence-corrected chi connectivity index (χ4v) is 1.69. The van der Waals surface area contributed by atoms with Crippen LogP contribution in [0.15, 0.2) is 42.7 Å². The Morgan fingerprint density at radius 1 is 1.33 bits per heavy atom. The molecule has 0 fully saturated rings. The van der Waals surface area contributed by atoms with Crippen LogP contribution in [0, 0.1) is 5.41 Å². The summed E-state index contributed by atoms with van der Waals surface area (Å²) in [4.78, 5) is 11.9. The third kappa shape index (κ3) is 4.31. The van der Waals surface area contributed by atoms with Gasteiger partial charge in [-0.1, -0.05) is 18.2 Å². The van der Waals surface area contributed by atoms with Gasteiger partial charge in [0.05, 0.1) is 17.3 Å². The third-order valence-electron chi connectivity index (χ3n) is 3.23. The Balaban J connectivity index is 0.00000220. The quantitative estimate of drug-likeness (QED) is 0.886. The van der Waals surface area contributed by atoms with Crippen LogP contribution < -0.4 is 11.1 Å². The number of aromatic nitrogens is 2. The Morgan fingerprint density at radius 3 is 2.62 bits per heavy atom. The molecule has 3 N–H and O–H groups in total. The molecule has 0 aliphatic heterocycles. The molecule has 0 saturated heterocycles. The van der Waals surface area contributed by atoms with Gasteiger partial charge in [0.25, 0.3) is 0 Å². The second kappa shape index (κ2) is 7.24. The molecule has 0 atom stereocenters. The number of nitrogens with zero attached hydrogens (tertiary/aromatic N) is 2. The summed E-state index contributed by atoms with van der Waals surface area (Å²) in [6.07, 6.45) is 3.66. The summed E-state index contributed by atoms with van der Waals surface area (Å²) >= 11 is 0. The van der Waals surface area contributed by atoms with Crippen LogP contribution in [0.1, 0.15) is 19.4 Å². The lowest BCUT2D eigenvalue weighted by atomic mass is 9.93. The van der Waals surface area contributed by atoms with Crippen LogP contribution >= 0.6 is 12.4 Å². The molecule has 1 heterocycles. The summed E-state index contributed by atoms with van der Waals surface area (Å²) in [5.74, 6) is -0.0486. The topological polar surface area (TPSA) is 72.9 Å². The van der Waals surface area contributed by atoms with Crippen LogP contribution in [-0.4, -0.2) is 22.2 Å². The highest BCUT2D eigenvalue weighted by Gasteiger charge is 2.25. The number of benzene rings is 1. The molecule has 5 nitrogen and oxygen atoms in total. The Hall–Kier alpha value is -1.85. The van der Waals surface area contributed by atoms with Crippen LogP contribution in [0.3, 0.4) is 0 Å². The molecule has 2 rings (SSSR count). The number of rotatable bonds is 5. The zero-order valence-corrected chi connectivity index (χ0v) is 13.1. The van der Waals surface area contributed by atoms with E-state index in [1.165, 1.54) is 0 Å². The predicted octanol–water partition coefficient (Wildman–Crippen LogP) is 1.90. The molecule has 0 saturated carbocycles. The normalized spacial score (nSPS) is 10.8. The van der Waals surface area contributed by atoms with Crippen molar-refractivity contribution in [2.75, 3.05) is 6.54 Å². The number of carbonyl (C=O) groups is 1. The Kier molecular flexibility index (Phi) is 5.93. The molecule has 0 unspecified atom stereocenters. The number of halogens is 1. The molecule has 1 aromatic heterocycles. The smallest absolute Gasteiger partial charge is 0.227 e. The van der Waals surface area contributed by atoms with Gasteiger partial charge in [-0.3, -0.25) is 4.79 Å². The number of hydrogen-bond acceptors (Lipinski definition) is 3. The first-order chi connectivity index (χ1) is 9.53. The van der Waals surface area contributed by atoms with Crippen LogP contribution in [0.5, 0.6) is 0 Å². The maximum Gasteiger partial charge on any atom is 0.227 e. The van der Waals surface area contributed by atoms with E-state index in [2.05, 4.69) is 10.4 Å². The summed E-state index contributed by atoms with van der Waals surface area (Å²) in [5.41, 5.74) is 6.98. The minimum absolute atomic E-state index is 0. The van der Waals surface area contributed by atoms with Crippen molar-refractivity contribution >= 4 is 18.3 Å². The van der Waals surface area contributed by atoms with Crippen molar-refractivity contribution in [2.45, 2.75) is 20.4 Å². The lowest BCUT2D eigenvalue weighted by Crippen LogP contribution is -2.41. The lowest BCUT2D eigenvalue weighted by molar-refractivity contribution is -0.129.